The molecule has 0 unspecified atom stereocenters. The van der Waals surface area contributed by atoms with Gasteiger partial charge in [-0.1, -0.05) is 4.99 Å². The predicted molar refractivity (Wildman–Crippen MR) is 25.2 cm³/mol. The number of urea groups is 1. The summed E-state index contributed by atoms with van der Waals surface area (Å²) < 4.78 is 0. The van der Waals surface area contributed by atoms with Crippen molar-refractivity contribution in [2.75, 3.05) is 0 Å². The van der Waals surface area contributed by atoms with Gasteiger partial charge < -0.3 is 0 Å². The smallest absolute Gasteiger partial charge is 0.211 e. The maximum Gasteiger partial charge on any atom is 0.476 e. The van der Waals surface area contributed by atoms with Crippen LogP contribution in [0.3, 0.4) is 0 Å². The number of nitrogens with one attached hydrogen (secondary N) is 1. The van der Waals surface area contributed by atoms with Gasteiger partial charge in [0.1, 0.15) is 0 Å². The second kappa shape index (κ2) is 1.51. The third-order valence-corrected chi connectivity index (χ3v) is 0.504. The van der Waals surface area contributed by atoms with E-state index in [2.05, 4.69) is 15.3 Å². The summed E-state index contributed by atoms with van der Waals surface area (Å²) in [6, 6.07) is -0.366. The molecule has 0 aliphatic carbocycles. The van der Waals surface area contributed by atoms with Crippen molar-refractivity contribution in [3.8, 4) is 0 Å². The molecular weight excluding hydrogens is 94.1 g/mol. The Hall–Kier alpha value is -1.19. The number of nitrogens with zero attached hydrogens (tertiary/aromatic N) is 2. The van der Waals surface area contributed by atoms with Gasteiger partial charge in [-0.05, 0) is 4.99 Å². The van der Waals surface area contributed by atoms with E-state index in [4.69, 9.17) is 0 Å². The summed E-state index contributed by atoms with van der Waals surface area (Å²) in [4.78, 5) is 16.8. The summed E-state index contributed by atoms with van der Waals surface area (Å²) in [5.41, 5.74) is 0. The molecule has 1 heterocycles. The van der Waals surface area contributed by atoms with Crippen molar-refractivity contribution < 1.29 is 4.79 Å². The molecule has 1 aliphatic rings. The van der Waals surface area contributed by atoms with Crippen LogP contribution in [0.2, 0.25) is 0 Å². The number of aliphatic imine (C=N–C) groups is 2. The van der Waals surface area contributed by atoms with Gasteiger partial charge in [-0.15, -0.1) is 0 Å². The van der Waals surface area contributed by atoms with Crippen LogP contribution in [-0.2, 0) is 0 Å². The first-order chi connectivity index (χ1) is 3.39. The topological polar surface area (TPSA) is 55.6 Å². The second-order valence-corrected chi connectivity index (χ2v) is 0.972. The third kappa shape index (κ3) is 0.819. The van der Waals surface area contributed by atoms with Gasteiger partial charge in [0.25, 0.3) is 6.34 Å². The van der Waals surface area contributed by atoms with E-state index in [9.17, 15) is 4.79 Å². The molecule has 0 atom stereocenters. The van der Waals surface area contributed by atoms with Gasteiger partial charge in [-0.2, -0.15) is 0 Å². The molecule has 1 rings (SSSR count). The van der Waals surface area contributed by atoms with Gasteiger partial charge in [0.15, 0.2) is 0 Å². The number of carbonyl (C=O) groups is 1. The second-order valence-electron chi connectivity index (χ2n) is 0.972. The van der Waals surface area contributed by atoms with Crippen LogP contribution in [0.25, 0.3) is 0 Å². The maximum absolute atomic E-state index is 10.1. The quantitative estimate of drug-likeness (QED) is 0.418. The molecule has 35 valence electrons. The fraction of sp³-hybridized carbons (Fsp3) is 0. The summed E-state index contributed by atoms with van der Waals surface area (Å²) in [5, 5.41) is 2.25. The molecule has 0 saturated carbocycles. The van der Waals surface area contributed by atoms with Gasteiger partial charge in [0, 0.05) is 0 Å². The number of amides is 2. The molecule has 1 N–H and O–H groups in total. The fourth-order valence-electron chi connectivity index (χ4n) is 0.249. The van der Waals surface area contributed by atoms with Crippen molar-refractivity contribution in [3.63, 3.8) is 0 Å². The zero-order valence-corrected chi connectivity index (χ0v) is 3.46. The van der Waals surface area contributed by atoms with Crippen LogP contribution in [0.4, 0.5) is 4.79 Å². The summed E-state index contributed by atoms with van der Waals surface area (Å²) in [5.74, 6) is 0. The van der Waals surface area contributed by atoms with Crippen molar-refractivity contribution in [1.29, 1.82) is 0 Å². The van der Waals surface area contributed by atoms with Crippen LogP contribution in [0.15, 0.2) is 4.99 Å². The molecule has 1 aliphatic heterocycles. The number of rotatable bonds is 0. The van der Waals surface area contributed by atoms with E-state index in [1.54, 1.807) is 0 Å². The summed E-state index contributed by atoms with van der Waals surface area (Å²) in [6.07, 6.45) is 2.48. The number of hydrogen-bond acceptors (Lipinski definition) is 2. The van der Waals surface area contributed by atoms with Gasteiger partial charge in [-0.3, -0.25) is 0 Å². The van der Waals surface area contributed by atoms with Gasteiger partial charge in [0.05, 0.1) is 0 Å². The van der Waals surface area contributed by atoms with Crippen LogP contribution >= 0.6 is 0 Å². The first-order valence-electron chi connectivity index (χ1n) is 1.74. The summed E-state index contributed by atoms with van der Waals surface area (Å²) in [7, 11) is 0. The molecule has 1 radical (unpaired) electrons. The minimum Gasteiger partial charge on any atom is -0.211 e. The average Bonchev–Trinajstić information content (AvgIpc) is 1.69. The van der Waals surface area contributed by atoms with Crippen LogP contribution in [0.5, 0.6) is 0 Å². The lowest BCUT2D eigenvalue weighted by molar-refractivity contribution is 0.253. The van der Waals surface area contributed by atoms with E-state index >= 15 is 0 Å². The first kappa shape index (κ1) is 3.98. The highest BCUT2D eigenvalue weighted by molar-refractivity contribution is 5.95. The number of carbonyl (C=O) groups excluding carboxylic acids is 1. The van der Waals surface area contributed by atoms with Crippen LogP contribution in [0, 0.1) is 0 Å². The lowest BCUT2D eigenvalue weighted by Crippen LogP contribution is -2.24. The molecule has 0 aromatic heterocycles. The van der Waals surface area contributed by atoms with Crippen LogP contribution in [-0.4, -0.2) is 18.7 Å². The van der Waals surface area contributed by atoms with Gasteiger partial charge in [0.2, 0.25) is 6.34 Å². The van der Waals surface area contributed by atoms with Crippen molar-refractivity contribution in [1.82, 2.24) is 10.3 Å². The van der Waals surface area contributed by atoms with E-state index < -0.39 is 0 Å². The highest BCUT2D eigenvalue weighted by Gasteiger charge is 2.04. The third-order valence-electron chi connectivity index (χ3n) is 0.504. The predicted octanol–water partition coefficient (Wildman–Crippen LogP) is -0.898. The molecule has 0 bridgehead atoms. The monoisotopic (exact) mass is 97.0 g/mol. The van der Waals surface area contributed by atoms with E-state index in [-0.39, 0.29) is 6.03 Å². The Balaban J connectivity index is 2.66. The highest BCUT2D eigenvalue weighted by Crippen LogP contribution is 1.68. The lowest BCUT2D eigenvalue weighted by Gasteiger charge is -1.79. The lowest BCUT2D eigenvalue weighted by atomic mass is 10.9. The Morgan fingerprint density at radius 1 is 1.86 bits per heavy atom. The van der Waals surface area contributed by atoms with Crippen molar-refractivity contribution in [2.45, 2.75) is 0 Å². The first-order valence-corrected chi connectivity index (χ1v) is 1.74. The molecule has 0 saturated heterocycles. The zero-order valence-electron chi connectivity index (χ0n) is 3.46. The molecule has 0 aromatic carbocycles. The maximum atomic E-state index is 10.1. The number of hydrogen-bond donors (Lipinski definition) is 1. The van der Waals surface area contributed by atoms with Crippen molar-refractivity contribution in [3.05, 3.63) is 0 Å². The van der Waals surface area contributed by atoms with E-state index in [0.29, 0.717) is 0 Å². The molecule has 2 amide bonds. The molecule has 0 aromatic rings. The zero-order chi connectivity index (χ0) is 5.11. The molecule has 0 spiro atoms. The van der Waals surface area contributed by atoms with Crippen LogP contribution in [0.1, 0.15) is 0 Å². The minimum absolute atomic E-state index is 0.366. The Morgan fingerprint density at radius 2 is 2.71 bits per heavy atom. The molecule has 7 heavy (non-hydrogen) atoms. The summed E-state index contributed by atoms with van der Waals surface area (Å²) >= 11 is 0. The van der Waals surface area contributed by atoms with Crippen molar-refractivity contribution in [2.24, 2.45) is 4.99 Å². The van der Waals surface area contributed by atoms with E-state index in [1.165, 1.54) is 12.7 Å². The Bertz CT molecular complexity index is 137. The Labute approximate surface area is 40.0 Å². The normalized spacial score (nSPS) is 16.9. The van der Waals surface area contributed by atoms with Crippen molar-refractivity contribution >= 4 is 18.7 Å². The van der Waals surface area contributed by atoms with E-state index in [1.807, 2.05) is 0 Å². The molecule has 0 fully saturated rings. The Kier molecular flexibility index (Phi) is 0.856. The van der Waals surface area contributed by atoms with Gasteiger partial charge in [-0.25, -0.2) is 10.1 Å². The van der Waals surface area contributed by atoms with Crippen LogP contribution < -0.4 is 10.3 Å². The SMILES string of the molecule is O=C1N=C[N+]=CN1. The highest BCUT2D eigenvalue weighted by atomic mass is 16.2. The largest absolute Gasteiger partial charge is 0.476 e. The standard InChI is InChI=1S/C3H3N3O/c7-3-5-1-4-2-6-3/h1-2H,(H,5,6,7)/q+1. The van der Waals surface area contributed by atoms with E-state index in [0.717, 1.165) is 0 Å². The molecule has 4 nitrogen and oxygen atoms in total. The minimum atomic E-state index is -0.366. The molecule has 4 heteroatoms. The molecular formula is C3H3N3O+. The van der Waals surface area contributed by atoms with Gasteiger partial charge >= 0.3 is 6.03 Å². The average molecular weight is 97.1 g/mol. The summed E-state index contributed by atoms with van der Waals surface area (Å²) in [6.45, 7) is 0. The Morgan fingerprint density at radius 3 is 3.00 bits per heavy atom. The fourth-order valence-corrected chi connectivity index (χ4v) is 0.249.